The van der Waals surface area contributed by atoms with E-state index in [9.17, 15) is 67.2 Å². The predicted octanol–water partition coefficient (Wildman–Crippen LogP) is -1.15. The van der Waals surface area contributed by atoms with Gasteiger partial charge in [0.2, 0.25) is 0 Å². The monoisotopic (exact) mass is 1260 g/mol. The number of rotatable bonds is 14. The molecule has 414 valence electrons. The van der Waals surface area contributed by atoms with Crippen LogP contribution in [-0.2, 0) is 40.5 Å². The van der Waals surface area contributed by atoms with E-state index >= 15 is 0 Å². The van der Waals surface area contributed by atoms with E-state index in [2.05, 4.69) is 59.4 Å². The molecule has 0 spiro atoms. The first-order chi connectivity index (χ1) is 38.1. The maximum absolute atomic E-state index is 12.6. The average Bonchev–Trinajstić information content (AvgIpc) is 3.49. The summed E-state index contributed by atoms with van der Waals surface area (Å²) in [6, 6.07) is 27.3. The Morgan fingerprint density at radius 2 is 0.718 bits per heavy atom. The molecule has 0 saturated carbocycles. The van der Waals surface area contributed by atoms with Crippen LogP contribution in [0.5, 0.6) is 17.2 Å². The van der Waals surface area contributed by atoms with E-state index in [1.165, 1.54) is 84.9 Å². The number of azo groups is 4. The number of aromatic hydroxyl groups is 3. The zero-order valence-electron chi connectivity index (χ0n) is 44.8. The Labute approximate surface area is 572 Å². The Bertz CT molecular complexity index is 4700. The van der Waals surface area contributed by atoms with Gasteiger partial charge in [-0.15, -0.1) is 33.6 Å². The Balaban J connectivity index is 0.00000255. The van der Waals surface area contributed by atoms with Crippen molar-refractivity contribution in [2.45, 2.75) is 19.6 Å². The second-order valence-corrected chi connectivity index (χ2v) is 22.2. The average molecular weight is 1270 g/mol. The number of fused-ring (bicyclic) bond motifs is 3. The minimum Gasteiger partial charge on any atom is -0.744 e. The second-order valence-electron chi connectivity index (χ2n) is 16.8. The van der Waals surface area contributed by atoms with Crippen LogP contribution in [0.1, 0.15) is 0 Å². The molecule has 0 heterocycles. The van der Waals surface area contributed by atoms with Crippen molar-refractivity contribution in [3.63, 3.8) is 0 Å². The Hall–Kier alpha value is -5.86. The van der Waals surface area contributed by atoms with Gasteiger partial charge in [-0.3, -0.25) is 0 Å². The van der Waals surface area contributed by atoms with Crippen LogP contribution in [0.25, 0.3) is 32.3 Å². The van der Waals surface area contributed by atoms with E-state index in [-0.39, 0.29) is 196 Å². The maximum Gasteiger partial charge on any atom is 1.00 e. The smallest absolute Gasteiger partial charge is 0.744 e. The van der Waals surface area contributed by atoms with Gasteiger partial charge in [0.1, 0.15) is 63.2 Å². The Morgan fingerprint density at radius 3 is 1.14 bits per heavy atom. The first-order valence-electron chi connectivity index (χ1n) is 22.4. The standard InChI is InChI=1S/C48H36N12O15S4.C2H4.4Na/c49-26-4-1-23-15-40(77(67,68)69)43(46(61)33(23)18-26)59-55-31-7-3-25-17-42(79(73,74)75)45(48(63)35(25)21-31)60-56-32-12-14-38(39(22-32)76(64,65)66)52-28-8-10-29(11-9-28)53-58-44-41(78(70,71)72)16-24-2-6-30(20-34(24)47(44)62)54-57-37-13-5-27(50)19-36(37)51;1-2;;;;/h1-22,52,61-63H,49-51H2,(H,64,65,66)(H,67,68,69)(H,70,71,72)(H,73,74,75);1-2H2;;;;/q;;4*+1/p-4. The summed E-state index contributed by atoms with van der Waals surface area (Å²) in [5.74, 6) is -2.47. The molecule has 0 aromatic heterocycles. The third-order valence-electron chi connectivity index (χ3n) is 11.5. The van der Waals surface area contributed by atoms with Gasteiger partial charge in [-0.2, -0.15) is 20.5 Å². The minimum absolute atomic E-state index is 0. The van der Waals surface area contributed by atoms with Crippen molar-refractivity contribution < 1.29 is 185 Å². The zero-order chi connectivity index (χ0) is 58.9. The van der Waals surface area contributed by atoms with Gasteiger partial charge in [-0.05, 0) is 131 Å². The number of nitrogens with one attached hydrogen (secondary N) is 1. The molecule has 0 aliphatic rings. The van der Waals surface area contributed by atoms with E-state index in [1.54, 1.807) is 6.07 Å². The molecule has 9 rings (SSSR count). The summed E-state index contributed by atoms with van der Waals surface area (Å²) in [7, 11) is -21.3. The van der Waals surface area contributed by atoms with E-state index in [1.807, 2.05) is 0 Å². The first-order valence-corrected chi connectivity index (χ1v) is 28.1. The molecular formula is C50H36N12Na4O15S4. The molecule has 0 unspecified atom stereocenters. The van der Waals surface area contributed by atoms with Crippen molar-refractivity contribution >= 4 is 147 Å². The number of nitrogens with zero attached hydrogens (tertiary/aromatic N) is 8. The summed E-state index contributed by atoms with van der Waals surface area (Å²) in [5, 5.41) is 67.5. The van der Waals surface area contributed by atoms with Crippen molar-refractivity contribution in [2.24, 2.45) is 40.9 Å². The fraction of sp³-hybridized carbons (Fsp3) is 0. The normalized spacial score (nSPS) is 12.0. The van der Waals surface area contributed by atoms with Crippen LogP contribution in [0, 0.1) is 0 Å². The van der Waals surface area contributed by atoms with Crippen molar-refractivity contribution in [3.8, 4) is 17.2 Å². The maximum atomic E-state index is 12.6. The summed E-state index contributed by atoms with van der Waals surface area (Å²) >= 11 is 0. The van der Waals surface area contributed by atoms with Crippen molar-refractivity contribution in [1.29, 1.82) is 0 Å². The van der Waals surface area contributed by atoms with E-state index < -0.39 is 100 Å². The van der Waals surface area contributed by atoms with Gasteiger partial charge in [0, 0.05) is 33.2 Å². The molecule has 0 bridgehead atoms. The van der Waals surface area contributed by atoms with Crippen LogP contribution in [0.4, 0.5) is 73.9 Å². The molecular weight excluding hydrogens is 1230 g/mol. The van der Waals surface area contributed by atoms with Crippen LogP contribution in [-0.4, -0.2) is 67.2 Å². The Kier molecular flexibility index (Phi) is 24.2. The number of nitrogens with two attached hydrogens (primary N) is 3. The molecule has 10 N–H and O–H groups in total. The number of phenolic OH excluding ortho intramolecular Hbond substituents is 3. The van der Waals surface area contributed by atoms with Crippen LogP contribution in [0.3, 0.4) is 0 Å². The molecule has 0 aliphatic heterocycles. The molecule has 9 aromatic carbocycles. The van der Waals surface area contributed by atoms with Crippen LogP contribution in [0.15, 0.2) is 207 Å². The van der Waals surface area contributed by atoms with Crippen molar-refractivity contribution in [1.82, 2.24) is 0 Å². The van der Waals surface area contributed by atoms with Crippen LogP contribution < -0.4 is 141 Å². The molecule has 35 heteroatoms. The first kappa shape index (κ1) is 71.6. The van der Waals surface area contributed by atoms with E-state index in [0.717, 1.165) is 42.5 Å². The van der Waals surface area contributed by atoms with E-state index in [0.29, 0.717) is 5.69 Å². The van der Waals surface area contributed by atoms with Gasteiger partial charge in [-0.1, -0.05) is 18.2 Å². The number of nitrogen functional groups attached to an aromatic ring is 3. The van der Waals surface area contributed by atoms with Gasteiger partial charge in [0.15, 0.2) is 17.2 Å². The molecule has 0 radical (unpaired) electrons. The summed E-state index contributed by atoms with van der Waals surface area (Å²) in [6.45, 7) is 6.00. The second kappa shape index (κ2) is 28.8. The molecule has 0 fully saturated rings. The quantitative estimate of drug-likeness (QED) is 0.0222. The largest absolute Gasteiger partial charge is 1.00 e. The molecule has 85 heavy (non-hydrogen) atoms. The zero-order valence-corrected chi connectivity index (χ0v) is 56.1. The summed E-state index contributed by atoms with van der Waals surface area (Å²) in [4.78, 5) is -3.82. The van der Waals surface area contributed by atoms with E-state index in [4.69, 9.17) is 17.2 Å². The number of anilines is 5. The van der Waals surface area contributed by atoms with Gasteiger partial charge in [-0.25, -0.2) is 33.7 Å². The summed E-state index contributed by atoms with van der Waals surface area (Å²) in [6.07, 6.45) is 0. The summed E-state index contributed by atoms with van der Waals surface area (Å²) in [5.41, 5.74) is 15.6. The third-order valence-corrected chi connectivity index (χ3v) is 14.9. The van der Waals surface area contributed by atoms with Crippen LogP contribution in [0.2, 0.25) is 0 Å². The Morgan fingerprint density at radius 1 is 0.376 bits per heavy atom. The molecule has 9 aromatic rings. The predicted molar refractivity (Wildman–Crippen MR) is 292 cm³/mol. The number of hydrogen-bond acceptors (Lipinski definition) is 27. The fourth-order valence-corrected chi connectivity index (χ4v) is 10.3. The number of benzene rings is 9. The SMILES string of the molecule is C=C.Nc1ccc(N=Nc2ccc3cc(S(=O)(=O)[O-])c(N=Nc4ccc(Nc5ccc(N=Nc6c(S(=O)(=O)[O-])cc7ccc(N=Nc8c(S(=O)(=O)[O-])cc9ccc(N)cc9c8O)cc7c6O)cc5S(=O)(=O)[O-])cc4)c(O)c3c2)c(N)c1.[Na+].[Na+].[Na+].[Na+]. The van der Waals surface area contributed by atoms with Crippen LogP contribution >= 0.6 is 0 Å². The minimum atomic E-state index is -5.43. The summed E-state index contributed by atoms with van der Waals surface area (Å²) < 4.78 is 149. The van der Waals surface area contributed by atoms with Gasteiger partial charge in [0.25, 0.3) is 0 Å². The molecule has 27 nitrogen and oxygen atoms in total. The molecule has 0 amide bonds. The third kappa shape index (κ3) is 16.6. The number of phenols is 3. The van der Waals surface area contributed by atoms with Crippen molar-refractivity contribution in [3.05, 3.63) is 147 Å². The molecule has 0 aliphatic carbocycles. The fourth-order valence-electron chi connectivity index (χ4n) is 7.75. The number of hydrogen-bond donors (Lipinski definition) is 7. The topological polar surface area (TPSA) is 478 Å². The molecule has 0 atom stereocenters. The van der Waals surface area contributed by atoms with Gasteiger partial charge < -0.3 is 56.0 Å². The van der Waals surface area contributed by atoms with Gasteiger partial charge in [0.05, 0.1) is 53.7 Å². The van der Waals surface area contributed by atoms with Crippen molar-refractivity contribution in [2.75, 3.05) is 22.5 Å². The molecule has 0 saturated heterocycles. The van der Waals surface area contributed by atoms with Gasteiger partial charge >= 0.3 is 118 Å².